The van der Waals surface area contributed by atoms with Crippen LogP contribution in [0, 0.1) is 0 Å². The highest BCUT2D eigenvalue weighted by Crippen LogP contribution is 2.12. The lowest BCUT2D eigenvalue weighted by atomic mass is 10.0. The number of aldehydes is 1. The number of hydrogen-bond donors (Lipinski definition) is 0. The molecule has 0 aliphatic rings. The maximum atomic E-state index is 10.7. The molecule has 0 aliphatic carbocycles. The highest BCUT2D eigenvalue weighted by molar-refractivity contribution is 5.75. The van der Waals surface area contributed by atoms with Crippen molar-refractivity contribution >= 4 is 12.1 Å². The van der Waals surface area contributed by atoms with Crippen LogP contribution < -0.4 is 0 Å². The number of rotatable bonds is 8. The second-order valence-electron chi connectivity index (χ2n) is 4.29. The predicted molar refractivity (Wildman–Crippen MR) is 67.3 cm³/mol. The van der Waals surface area contributed by atoms with Gasteiger partial charge in [-0.1, -0.05) is 17.2 Å². The Morgan fingerprint density at radius 2 is 1.62 bits per heavy atom. The topological polar surface area (TPSA) is 34.1 Å². The van der Waals surface area contributed by atoms with E-state index in [2.05, 4.69) is 13.0 Å². The van der Waals surface area contributed by atoms with E-state index in [1.54, 1.807) is 13.0 Å². The minimum atomic E-state index is 0.244. The third-order valence-corrected chi connectivity index (χ3v) is 2.48. The van der Waals surface area contributed by atoms with E-state index in [9.17, 15) is 9.59 Å². The number of carbonyl (C=O) groups excluding carboxylic acids is 2. The summed E-state index contributed by atoms with van der Waals surface area (Å²) in [5.41, 5.74) is 2.46. The molecule has 0 bridgehead atoms. The molecule has 0 unspecified atom stereocenters. The molecule has 0 radical (unpaired) electrons. The summed E-state index contributed by atoms with van der Waals surface area (Å²) in [6.45, 7) is 5.69. The molecule has 0 saturated carbocycles. The largest absolute Gasteiger partial charge is 0.300 e. The lowest BCUT2D eigenvalue weighted by Gasteiger charge is -2.02. The van der Waals surface area contributed by atoms with Gasteiger partial charge in [-0.2, -0.15) is 0 Å². The van der Waals surface area contributed by atoms with Gasteiger partial charge in [0.25, 0.3) is 0 Å². The van der Waals surface area contributed by atoms with Gasteiger partial charge in [0.2, 0.25) is 0 Å². The maximum absolute atomic E-state index is 10.7. The van der Waals surface area contributed by atoms with E-state index in [0.717, 1.165) is 37.5 Å². The Balaban J connectivity index is 3.72. The average molecular weight is 222 g/mol. The first-order chi connectivity index (χ1) is 7.56. The van der Waals surface area contributed by atoms with Crippen molar-refractivity contribution in [2.75, 3.05) is 0 Å². The molecule has 0 aromatic carbocycles. The molecule has 0 amide bonds. The van der Waals surface area contributed by atoms with Crippen molar-refractivity contribution in [2.24, 2.45) is 0 Å². The summed E-state index contributed by atoms with van der Waals surface area (Å²) in [5.74, 6) is 0.244. The summed E-state index contributed by atoms with van der Waals surface area (Å²) in [5, 5.41) is 0. The molecule has 0 aromatic heterocycles. The van der Waals surface area contributed by atoms with Crippen LogP contribution in [0.5, 0.6) is 0 Å². The summed E-state index contributed by atoms with van der Waals surface area (Å²) in [4.78, 5) is 20.9. The minimum Gasteiger partial charge on any atom is -0.300 e. The van der Waals surface area contributed by atoms with Gasteiger partial charge in [-0.05, 0) is 52.5 Å². The van der Waals surface area contributed by atoms with Crippen LogP contribution >= 0.6 is 0 Å². The lowest BCUT2D eigenvalue weighted by Crippen LogP contribution is -1.88. The Kier molecular flexibility index (Phi) is 8.41. The second kappa shape index (κ2) is 9.08. The summed E-state index contributed by atoms with van der Waals surface area (Å²) >= 11 is 0. The molecule has 0 saturated heterocycles. The first kappa shape index (κ1) is 14.8. The molecule has 0 atom stereocenters. The monoisotopic (exact) mass is 222 g/mol. The fourth-order valence-electron chi connectivity index (χ4n) is 1.47. The second-order valence-corrected chi connectivity index (χ2v) is 4.29. The van der Waals surface area contributed by atoms with Crippen LogP contribution in [-0.2, 0) is 9.59 Å². The SMILES string of the molecule is CC(=O)CC/C=C(\C)CCC/C(C)=C/C=O. The molecular weight excluding hydrogens is 200 g/mol. The Morgan fingerprint density at radius 3 is 2.19 bits per heavy atom. The van der Waals surface area contributed by atoms with Gasteiger partial charge in [-0.15, -0.1) is 0 Å². The summed E-state index contributed by atoms with van der Waals surface area (Å²) in [6, 6.07) is 0. The summed E-state index contributed by atoms with van der Waals surface area (Å²) in [6.07, 6.45) is 9.17. The number of hydrogen-bond acceptors (Lipinski definition) is 2. The van der Waals surface area contributed by atoms with Crippen molar-refractivity contribution in [3.8, 4) is 0 Å². The molecule has 2 nitrogen and oxygen atoms in total. The van der Waals surface area contributed by atoms with Crippen LogP contribution in [0.4, 0.5) is 0 Å². The third kappa shape index (κ3) is 9.38. The summed E-state index contributed by atoms with van der Waals surface area (Å²) in [7, 11) is 0. The van der Waals surface area contributed by atoms with Crippen molar-refractivity contribution in [3.63, 3.8) is 0 Å². The van der Waals surface area contributed by atoms with Crippen LogP contribution in [0.15, 0.2) is 23.3 Å². The van der Waals surface area contributed by atoms with Crippen LogP contribution in [0.2, 0.25) is 0 Å². The van der Waals surface area contributed by atoms with Gasteiger partial charge in [-0.25, -0.2) is 0 Å². The van der Waals surface area contributed by atoms with Gasteiger partial charge in [-0.3, -0.25) is 4.79 Å². The highest BCUT2D eigenvalue weighted by Gasteiger charge is 1.94. The maximum Gasteiger partial charge on any atom is 0.142 e. The molecular formula is C14H22O2. The first-order valence-electron chi connectivity index (χ1n) is 5.82. The van der Waals surface area contributed by atoms with Gasteiger partial charge < -0.3 is 4.79 Å². The fraction of sp³-hybridized carbons (Fsp3) is 0.571. The van der Waals surface area contributed by atoms with Gasteiger partial charge in [0.1, 0.15) is 12.1 Å². The molecule has 90 valence electrons. The van der Waals surface area contributed by atoms with E-state index >= 15 is 0 Å². The van der Waals surface area contributed by atoms with Crippen molar-refractivity contribution in [1.29, 1.82) is 0 Å². The van der Waals surface area contributed by atoms with Gasteiger partial charge >= 0.3 is 0 Å². The molecule has 0 N–H and O–H groups in total. The van der Waals surface area contributed by atoms with Crippen molar-refractivity contribution in [3.05, 3.63) is 23.3 Å². The number of allylic oxidation sites excluding steroid dienone is 4. The van der Waals surface area contributed by atoms with Crippen LogP contribution in [0.25, 0.3) is 0 Å². The van der Waals surface area contributed by atoms with E-state index < -0.39 is 0 Å². The molecule has 16 heavy (non-hydrogen) atoms. The van der Waals surface area contributed by atoms with E-state index in [-0.39, 0.29) is 5.78 Å². The standard InChI is InChI=1S/C14H22O2/c1-12(8-5-9-14(3)16)6-4-7-13(2)10-11-15/h8,10-11H,4-7,9H2,1-3H3/b12-8+,13-10+. The number of carbonyl (C=O) groups is 2. The van der Waals surface area contributed by atoms with Crippen molar-refractivity contribution < 1.29 is 9.59 Å². The fourth-order valence-corrected chi connectivity index (χ4v) is 1.47. The predicted octanol–water partition coefficient (Wildman–Crippen LogP) is 3.62. The molecule has 0 fully saturated rings. The normalized spacial score (nSPS) is 12.7. The smallest absolute Gasteiger partial charge is 0.142 e. The van der Waals surface area contributed by atoms with Gasteiger partial charge in [0.15, 0.2) is 0 Å². The third-order valence-electron chi connectivity index (χ3n) is 2.48. The van der Waals surface area contributed by atoms with Crippen LogP contribution in [0.3, 0.4) is 0 Å². The number of Topliss-reactive ketones (excluding diaryl/α,β-unsaturated/α-hetero) is 1. The molecule has 0 aromatic rings. The quantitative estimate of drug-likeness (QED) is 0.357. The number of ketones is 1. The van der Waals surface area contributed by atoms with Gasteiger partial charge in [0.05, 0.1) is 0 Å². The zero-order valence-corrected chi connectivity index (χ0v) is 10.6. The van der Waals surface area contributed by atoms with E-state index in [1.165, 1.54) is 5.57 Å². The van der Waals surface area contributed by atoms with E-state index in [4.69, 9.17) is 0 Å². The highest BCUT2D eigenvalue weighted by atomic mass is 16.1. The zero-order chi connectivity index (χ0) is 12.4. The Morgan fingerprint density at radius 1 is 1.00 bits per heavy atom. The Labute approximate surface area is 98.4 Å². The Hall–Kier alpha value is -1.18. The Bertz CT molecular complexity index is 285. The lowest BCUT2D eigenvalue weighted by molar-refractivity contribution is -0.116. The van der Waals surface area contributed by atoms with Gasteiger partial charge in [0, 0.05) is 6.42 Å². The molecule has 2 heteroatoms. The van der Waals surface area contributed by atoms with E-state index in [0.29, 0.717) is 6.42 Å². The minimum absolute atomic E-state index is 0.244. The van der Waals surface area contributed by atoms with Crippen molar-refractivity contribution in [2.45, 2.75) is 52.9 Å². The molecule has 0 aliphatic heterocycles. The average Bonchev–Trinajstić information content (AvgIpc) is 2.17. The molecule has 0 spiro atoms. The van der Waals surface area contributed by atoms with Crippen LogP contribution in [0.1, 0.15) is 52.9 Å². The first-order valence-corrected chi connectivity index (χ1v) is 5.82. The van der Waals surface area contributed by atoms with E-state index in [1.807, 2.05) is 6.92 Å². The van der Waals surface area contributed by atoms with Crippen molar-refractivity contribution in [1.82, 2.24) is 0 Å². The molecule has 0 heterocycles. The van der Waals surface area contributed by atoms with Crippen LogP contribution in [-0.4, -0.2) is 12.1 Å². The summed E-state index contributed by atoms with van der Waals surface area (Å²) < 4.78 is 0. The molecule has 0 rings (SSSR count). The zero-order valence-electron chi connectivity index (χ0n) is 10.6.